The molecule has 2 aromatic carbocycles. The summed E-state index contributed by atoms with van der Waals surface area (Å²) in [7, 11) is -3.42. The Morgan fingerprint density at radius 2 is 1.74 bits per heavy atom. The van der Waals surface area contributed by atoms with Crippen molar-refractivity contribution in [1.82, 2.24) is 14.6 Å². The van der Waals surface area contributed by atoms with Gasteiger partial charge in [-0.1, -0.05) is 29.5 Å². The van der Waals surface area contributed by atoms with Crippen molar-refractivity contribution < 1.29 is 26.4 Å². The van der Waals surface area contributed by atoms with Gasteiger partial charge in [0.15, 0.2) is 5.13 Å². The summed E-state index contributed by atoms with van der Waals surface area (Å²) in [5, 5.41) is 6.66. The van der Waals surface area contributed by atoms with E-state index in [1.165, 1.54) is 22.5 Å². The molecule has 0 radical (unpaired) electrons. The molecule has 1 saturated heterocycles. The molecule has 1 aromatic heterocycles. The number of nitrogens with zero attached hydrogens (tertiary/aromatic N) is 2. The van der Waals surface area contributed by atoms with Crippen LogP contribution in [0, 0.1) is 17.5 Å². The Morgan fingerprint density at radius 3 is 2.39 bits per heavy atom. The predicted octanol–water partition coefficient (Wildman–Crippen LogP) is 3.76. The maximum atomic E-state index is 14.0. The maximum absolute atomic E-state index is 14.0. The normalized spacial score (nSPS) is 15.0. The topological polar surface area (TPSA) is 117 Å². The molecular formula is C25H28F3N5O3S2. The molecule has 1 fully saturated rings. The van der Waals surface area contributed by atoms with Gasteiger partial charge in [0.05, 0.1) is 11.3 Å². The average Bonchev–Trinajstić information content (AvgIpc) is 3.24. The van der Waals surface area contributed by atoms with Gasteiger partial charge in [-0.15, -0.1) is 0 Å². The molecule has 0 saturated carbocycles. The Labute approximate surface area is 223 Å². The Balaban J connectivity index is 1.24. The summed E-state index contributed by atoms with van der Waals surface area (Å²) < 4.78 is 68.0. The van der Waals surface area contributed by atoms with E-state index in [1.807, 2.05) is 0 Å². The van der Waals surface area contributed by atoms with Crippen LogP contribution >= 0.6 is 11.3 Å². The number of hydrogen-bond acceptors (Lipinski definition) is 8. The zero-order valence-corrected chi connectivity index (χ0v) is 22.1. The standard InChI is InChI=1S/C25H28F3N5O3S2/c26-17-7-5-16(6-8-17)15-30-11-2-14-38(35,36)33-12-9-18(10-13-33)31-25-32-24(29)23(37-25)22(34)21-19(27)3-1-4-20(21)28/h1,3-8,18,30H,2,9-15,29H2,(H,31,32). The molecule has 13 heteroatoms. The van der Waals surface area contributed by atoms with E-state index in [2.05, 4.69) is 15.6 Å². The fourth-order valence-corrected chi connectivity index (χ4v) is 6.62. The van der Waals surface area contributed by atoms with Crippen LogP contribution in [0.3, 0.4) is 0 Å². The van der Waals surface area contributed by atoms with E-state index in [0.29, 0.717) is 50.6 Å². The maximum Gasteiger partial charge on any atom is 0.214 e. The third-order valence-corrected chi connectivity index (χ3v) is 9.18. The van der Waals surface area contributed by atoms with Gasteiger partial charge in [0.25, 0.3) is 0 Å². The monoisotopic (exact) mass is 567 g/mol. The molecule has 4 rings (SSSR count). The van der Waals surface area contributed by atoms with E-state index >= 15 is 0 Å². The number of anilines is 2. The fraction of sp³-hybridized carbons (Fsp3) is 0.360. The van der Waals surface area contributed by atoms with E-state index in [4.69, 9.17) is 5.73 Å². The van der Waals surface area contributed by atoms with Gasteiger partial charge in [0.2, 0.25) is 15.8 Å². The second-order valence-electron chi connectivity index (χ2n) is 8.95. The number of nitrogens with one attached hydrogen (secondary N) is 2. The molecule has 1 aliphatic rings. The summed E-state index contributed by atoms with van der Waals surface area (Å²) in [5.41, 5.74) is 6.09. The van der Waals surface area contributed by atoms with Crippen molar-refractivity contribution in [3.63, 3.8) is 0 Å². The number of sulfonamides is 1. The van der Waals surface area contributed by atoms with Crippen LogP contribution in [0.25, 0.3) is 0 Å². The minimum Gasteiger partial charge on any atom is -0.382 e. The van der Waals surface area contributed by atoms with Crippen LogP contribution < -0.4 is 16.4 Å². The second kappa shape index (κ2) is 12.2. The highest BCUT2D eigenvalue weighted by Crippen LogP contribution is 2.30. The van der Waals surface area contributed by atoms with Gasteiger partial charge >= 0.3 is 0 Å². The number of carbonyl (C=O) groups is 1. The molecule has 3 aromatic rings. The lowest BCUT2D eigenvalue weighted by molar-refractivity contribution is 0.103. The minimum absolute atomic E-state index is 0.0165. The molecule has 0 unspecified atom stereocenters. The van der Waals surface area contributed by atoms with Crippen molar-refractivity contribution >= 4 is 38.1 Å². The summed E-state index contributed by atoms with van der Waals surface area (Å²) in [6, 6.07) is 9.20. The summed E-state index contributed by atoms with van der Waals surface area (Å²) in [6.45, 7) is 1.70. The number of benzene rings is 2. The Morgan fingerprint density at radius 1 is 1.08 bits per heavy atom. The number of hydrogen-bond donors (Lipinski definition) is 3. The van der Waals surface area contributed by atoms with Crippen LogP contribution in [-0.2, 0) is 16.6 Å². The van der Waals surface area contributed by atoms with Crippen LogP contribution in [0.5, 0.6) is 0 Å². The summed E-state index contributed by atoms with van der Waals surface area (Å²) in [6.07, 6.45) is 1.49. The molecule has 0 amide bonds. The molecule has 2 heterocycles. The smallest absolute Gasteiger partial charge is 0.214 e. The zero-order valence-electron chi connectivity index (χ0n) is 20.4. The Bertz CT molecular complexity index is 1360. The largest absolute Gasteiger partial charge is 0.382 e. The number of halogens is 3. The van der Waals surface area contributed by atoms with Gasteiger partial charge in [-0.25, -0.2) is 30.9 Å². The van der Waals surface area contributed by atoms with Crippen LogP contribution in [0.15, 0.2) is 42.5 Å². The Kier molecular flexibility index (Phi) is 9.03. The van der Waals surface area contributed by atoms with Crippen molar-refractivity contribution in [3.8, 4) is 0 Å². The van der Waals surface area contributed by atoms with E-state index in [0.717, 1.165) is 29.0 Å². The molecule has 204 valence electrons. The van der Waals surface area contributed by atoms with E-state index in [1.54, 1.807) is 12.1 Å². The molecule has 1 aliphatic heterocycles. The summed E-state index contributed by atoms with van der Waals surface area (Å²) in [4.78, 5) is 16.7. The average molecular weight is 568 g/mol. The minimum atomic E-state index is -3.42. The number of rotatable bonds is 11. The molecular weight excluding hydrogens is 539 g/mol. The van der Waals surface area contributed by atoms with E-state index in [-0.39, 0.29) is 28.3 Å². The third-order valence-electron chi connectivity index (χ3n) is 6.22. The van der Waals surface area contributed by atoms with Gasteiger partial charge in [-0.05, 0) is 55.6 Å². The number of piperidine rings is 1. The lowest BCUT2D eigenvalue weighted by Gasteiger charge is -2.31. The highest BCUT2D eigenvalue weighted by Gasteiger charge is 2.29. The first-order chi connectivity index (χ1) is 18.1. The predicted molar refractivity (Wildman–Crippen MR) is 141 cm³/mol. The first-order valence-corrected chi connectivity index (χ1v) is 14.5. The lowest BCUT2D eigenvalue weighted by Crippen LogP contribution is -2.43. The van der Waals surface area contributed by atoms with Gasteiger partial charge in [-0.2, -0.15) is 0 Å². The number of nitrogen functional groups attached to an aromatic ring is 1. The van der Waals surface area contributed by atoms with Crippen molar-refractivity contribution in [2.24, 2.45) is 0 Å². The molecule has 0 spiro atoms. The number of nitrogens with two attached hydrogens (primary N) is 1. The molecule has 0 bridgehead atoms. The molecule has 4 N–H and O–H groups in total. The van der Waals surface area contributed by atoms with Gasteiger partial charge < -0.3 is 16.4 Å². The first-order valence-electron chi connectivity index (χ1n) is 12.1. The van der Waals surface area contributed by atoms with Crippen LogP contribution in [0.2, 0.25) is 0 Å². The quantitative estimate of drug-likeness (QED) is 0.239. The van der Waals surface area contributed by atoms with Crippen LogP contribution in [0.4, 0.5) is 24.1 Å². The molecule has 0 atom stereocenters. The number of carbonyl (C=O) groups excluding carboxylic acids is 1. The first kappa shape index (κ1) is 28.0. The van der Waals surface area contributed by atoms with Crippen molar-refractivity contribution in [3.05, 3.63) is 75.9 Å². The van der Waals surface area contributed by atoms with Gasteiger partial charge in [0, 0.05) is 25.7 Å². The van der Waals surface area contributed by atoms with Crippen molar-refractivity contribution in [2.45, 2.75) is 31.8 Å². The summed E-state index contributed by atoms with van der Waals surface area (Å²) in [5.74, 6) is -3.24. The molecule has 38 heavy (non-hydrogen) atoms. The molecule has 8 nitrogen and oxygen atoms in total. The second-order valence-corrected chi connectivity index (χ2v) is 12.0. The highest BCUT2D eigenvalue weighted by molar-refractivity contribution is 7.89. The lowest BCUT2D eigenvalue weighted by atomic mass is 10.1. The van der Waals surface area contributed by atoms with Crippen molar-refractivity contribution in [1.29, 1.82) is 0 Å². The van der Waals surface area contributed by atoms with E-state index in [9.17, 15) is 26.4 Å². The zero-order chi connectivity index (χ0) is 27.3. The highest BCUT2D eigenvalue weighted by atomic mass is 32.2. The fourth-order valence-electron chi connectivity index (χ4n) is 4.18. The molecule has 0 aliphatic carbocycles. The number of thiazole rings is 1. The van der Waals surface area contributed by atoms with Crippen LogP contribution in [0.1, 0.15) is 40.1 Å². The van der Waals surface area contributed by atoms with Crippen LogP contribution in [-0.4, -0.2) is 54.9 Å². The van der Waals surface area contributed by atoms with Gasteiger partial charge in [0.1, 0.15) is 28.1 Å². The van der Waals surface area contributed by atoms with Crippen molar-refractivity contribution in [2.75, 3.05) is 36.4 Å². The summed E-state index contributed by atoms with van der Waals surface area (Å²) >= 11 is 0.907. The van der Waals surface area contributed by atoms with E-state index < -0.39 is 33.0 Å². The number of ketones is 1. The van der Waals surface area contributed by atoms with Gasteiger partial charge in [-0.3, -0.25) is 4.79 Å². The third kappa shape index (κ3) is 6.90. The number of aromatic nitrogens is 1. The Hall–Kier alpha value is -3.00. The SMILES string of the molecule is Nc1nc(NC2CCN(S(=O)(=O)CCCNCc3ccc(F)cc3)CC2)sc1C(=O)c1c(F)cccc1F.